The van der Waals surface area contributed by atoms with Crippen LogP contribution in [0.2, 0.25) is 0 Å². The van der Waals surface area contributed by atoms with Crippen molar-refractivity contribution in [3.63, 3.8) is 0 Å². The molecule has 1 aromatic heterocycles. The Bertz CT molecular complexity index is 546. The largest absolute Gasteiger partial charge is 0.435 e. The molecule has 0 aliphatic rings. The van der Waals surface area contributed by atoms with Crippen LogP contribution in [0.25, 0.3) is 0 Å². The predicted molar refractivity (Wildman–Crippen MR) is 67.4 cm³/mol. The maximum Gasteiger partial charge on any atom is 0.227 e. The fraction of sp³-hybridized carbons (Fsp3) is 0.231. The average Bonchev–Trinajstić information content (AvgIpc) is 2.36. The zero-order chi connectivity index (χ0) is 13.0. The molecule has 1 N–H and O–H groups in total. The van der Waals surface area contributed by atoms with Crippen molar-refractivity contribution in [2.45, 2.75) is 13.8 Å². The minimum Gasteiger partial charge on any atom is -0.435 e. The van der Waals surface area contributed by atoms with E-state index in [-0.39, 0.29) is 5.75 Å². The molecule has 1 heterocycles. The molecule has 0 aliphatic heterocycles. The number of nitrogens with one attached hydrogen (secondary N) is 1. The van der Waals surface area contributed by atoms with E-state index in [1.54, 1.807) is 24.4 Å². The summed E-state index contributed by atoms with van der Waals surface area (Å²) in [6.07, 6.45) is 1.64. The molecule has 0 amide bonds. The average molecular weight is 247 g/mol. The molecule has 0 spiro atoms. The lowest BCUT2D eigenvalue weighted by molar-refractivity contribution is 0.424. The van der Waals surface area contributed by atoms with Gasteiger partial charge in [0.2, 0.25) is 11.8 Å². The van der Waals surface area contributed by atoms with Gasteiger partial charge in [0.05, 0.1) is 0 Å². The van der Waals surface area contributed by atoms with Crippen molar-refractivity contribution in [1.29, 1.82) is 0 Å². The van der Waals surface area contributed by atoms with Crippen molar-refractivity contribution in [1.82, 2.24) is 9.97 Å². The van der Waals surface area contributed by atoms with Crippen molar-refractivity contribution in [2.24, 2.45) is 0 Å². The third-order valence-corrected chi connectivity index (χ3v) is 2.30. The van der Waals surface area contributed by atoms with Crippen LogP contribution in [0.5, 0.6) is 11.6 Å². The topological polar surface area (TPSA) is 47.0 Å². The second kappa shape index (κ2) is 5.44. The van der Waals surface area contributed by atoms with Crippen molar-refractivity contribution < 1.29 is 9.13 Å². The Labute approximate surface area is 105 Å². The Hall–Kier alpha value is -2.17. The number of aryl methyl sites for hydroxylation is 1. The van der Waals surface area contributed by atoms with Crippen LogP contribution in [-0.4, -0.2) is 16.5 Å². The number of aromatic nitrogens is 2. The molecule has 1 aromatic carbocycles. The smallest absolute Gasteiger partial charge is 0.227 e. The van der Waals surface area contributed by atoms with Crippen LogP contribution in [0.15, 0.2) is 30.5 Å². The first-order valence-electron chi connectivity index (χ1n) is 5.70. The lowest BCUT2D eigenvalue weighted by Gasteiger charge is -2.09. The minimum absolute atomic E-state index is 0.154. The summed E-state index contributed by atoms with van der Waals surface area (Å²) in [5.74, 6) is 0.558. The number of nitrogens with zero attached hydrogens (tertiary/aromatic N) is 2. The minimum atomic E-state index is -0.416. The first-order chi connectivity index (χ1) is 8.70. The Balaban J connectivity index is 2.28. The van der Waals surface area contributed by atoms with Gasteiger partial charge in [-0.2, -0.15) is 4.98 Å². The van der Waals surface area contributed by atoms with Crippen LogP contribution < -0.4 is 10.1 Å². The number of para-hydroxylation sites is 1. The number of ether oxygens (including phenoxy) is 1. The van der Waals surface area contributed by atoms with Gasteiger partial charge in [-0.15, -0.1) is 0 Å². The van der Waals surface area contributed by atoms with Gasteiger partial charge in [-0.1, -0.05) is 12.1 Å². The highest BCUT2D eigenvalue weighted by Crippen LogP contribution is 2.25. The highest BCUT2D eigenvalue weighted by atomic mass is 19.1. The molecule has 0 aliphatic carbocycles. The fourth-order valence-corrected chi connectivity index (χ4v) is 1.40. The van der Waals surface area contributed by atoms with E-state index in [0.717, 1.165) is 5.56 Å². The van der Waals surface area contributed by atoms with E-state index < -0.39 is 5.82 Å². The zero-order valence-electron chi connectivity index (χ0n) is 10.3. The SMILES string of the molecule is CCNc1ncc(C)c(Oc2ccccc2F)n1. The lowest BCUT2D eigenvalue weighted by Crippen LogP contribution is -2.04. The zero-order valence-corrected chi connectivity index (χ0v) is 10.3. The van der Waals surface area contributed by atoms with Crippen LogP contribution in [0.3, 0.4) is 0 Å². The summed E-state index contributed by atoms with van der Waals surface area (Å²) in [4.78, 5) is 8.28. The van der Waals surface area contributed by atoms with Crippen LogP contribution in [-0.2, 0) is 0 Å². The molecule has 2 rings (SSSR count). The van der Waals surface area contributed by atoms with Gasteiger partial charge in [0.25, 0.3) is 0 Å². The summed E-state index contributed by atoms with van der Waals surface area (Å²) in [6, 6.07) is 6.22. The number of benzene rings is 1. The maximum atomic E-state index is 13.5. The molecule has 0 fully saturated rings. The number of halogens is 1. The molecule has 4 nitrogen and oxygen atoms in total. The van der Waals surface area contributed by atoms with Gasteiger partial charge in [0, 0.05) is 18.3 Å². The molecular weight excluding hydrogens is 233 g/mol. The number of anilines is 1. The molecule has 94 valence electrons. The summed E-state index contributed by atoms with van der Waals surface area (Å²) in [5, 5.41) is 2.98. The van der Waals surface area contributed by atoms with Crippen LogP contribution in [0, 0.1) is 12.7 Å². The molecule has 0 saturated heterocycles. The van der Waals surface area contributed by atoms with Crippen molar-refractivity contribution in [3.8, 4) is 11.6 Å². The first kappa shape index (κ1) is 12.3. The molecule has 0 radical (unpaired) electrons. The summed E-state index contributed by atoms with van der Waals surface area (Å²) < 4.78 is 18.9. The molecule has 5 heteroatoms. The van der Waals surface area contributed by atoms with E-state index in [4.69, 9.17) is 4.74 Å². The number of hydrogen-bond donors (Lipinski definition) is 1. The number of hydrogen-bond acceptors (Lipinski definition) is 4. The van der Waals surface area contributed by atoms with Gasteiger partial charge in [-0.3, -0.25) is 0 Å². The van der Waals surface area contributed by atoms with E-state index in [1.807, 2.05) is 13.8 Å². The number of rotatable bonds is 4. The third kappa shape index (κ3) is 2.74. The van der Waals surface area contributed by atoms with Crippen molar-refractivity contribution in [3.05, 3.63) is 41.8 Å². The highest BCUT2D eigenvalue weighted by molar-refractivity contribution is 5.36. The molecule has 0 unspecified atom stereocenters. The molecule has 0 bridgehead atoms. The fourth-order valence-electron chi connectivity index (χ4n) is 1.40. The van der Waals surface area contributed by atoms with Crippen LogP contribution >= 0.6 is 0 Å². The molecule has 2 aromatic rings. The predicted octanol–water partition coefficient (Wildman–Crippen LogP) is 3.15. The van der Waals surface area contributed by atoms with Gasteiger partial charge in [0.1, 0.15) is 0 Å². The monoisotopic (exact) mass is 247 g/mol. The van der Waals surface area contributed by atoms with Gasteiger partial charge in [-0.05, 0) is 26.0 Å². The van der Waals surface area contributed by atoms with Gasteiger partial charge in [-0.25, -0.2) is 9.37 Å². The van der Waals surface area contributed by atoms with E-state index in [0.29, 0.717) is 18.4 Å². The third-order valence-electron chi connectivity index (χ3n) is 2.30. The molecule has 0 atom stereocenters. The van der Waals surface area contributed by atoms with Crippen molar-refractivity contribution in [2.75, 3.05) is 11.9 Å². The van der Waals surface area contributed by atoms with E-state index in [1.165, 1.54) is 6.07 Å². The summed E-state index contributed by atoms with van der Waals surface area (Å²) in [5.41, 5.74) is 0.750. The summed E-state index contributed by atoms with van der Waals surface area (Å²) >= 11 is 0. The van der Waals surface area contributed by atoms with E-state index >= 15 is 0 Å². The molecule has 0 saturated carbocycles. The summed E-state index contributed by atoms with van der Waals surface area (Å²) in [7, 11) is 0. The Morgan fingerprint density at radius 2 is 2.11 bits per heavy atom. The second-order valence-electron chi connectivity index (χ2n) is 3.74. The Morgan fingerprint density at radius 1 is 1.33 bits per heavy atom. The van der Waals surface area contributed by atoms with Crippen LogP contribution in [0.4, 0.5) is 10.3 Å². The van der Waals surface area contributed by atoms with E-state index in [9.17, 15) is 4.39 Å². The second-order valence-corrected chi connectivity index (χ2v) is 3.74. The normalized spacial score (nSPS) is 10.2. The van der Waals surface area contributed by atoms with Gasteiger partial charge >= 0.3 is 0 Å². The van der Waals surface area contributed by atoms with Gasteiger partial charge in [0.15, 0.2) is 11.6 Å². The lowest BCUT2D eigenvalue weighted by atomic mass is 10.3. The molecule has 18 heavy (non-hydrogen) atoms. The van der Waals surface area contributed by atoms with Crippen molar-refractivity contribution >= 4 is 5.95 Å². The van der Waals surface area contributed by atoms with Crippen LogP contribution in [0.1, 0.15) is 12.5 Å². The standard InChI is InChI=1S/C13H14FN3O/c1-3-15-13-16-8-9(2)12(17-13)18-11-7-5-4-6-10(11)14/h4-8H,3H2,1-2H3,(H,15,16,17). The van der Waals surface area contributed by atoms with Gasteiger partial charge < -0.3 is 10.1 Å². The Kier molecular flexibility index (Phi) is 3.72. The Morgan fingerprint density at radius 3 is 2.83 bits per heavy atom. The summed E-state index contributed by atoms with van der Waals surface area (Å²) in [6.45, 7) is 4.47. The first-order valence-corrected chi connectivity index (χ1v) is 5.70. The molecular formula is C13H14FN3O. The highest BCUT2D eigenvalue weighted by Gasteiger charge is 2.08. The quantitative estimate of drug-likeness (QED) is 0.901. The maximum absolute atomic E-state index is 13.5. The van der Waals surface area contributed by atoms with E-state index in [2.05, 4.69) is 15.3 Å².